The topological polar surface area (TPSA) is 41.6 Å². The Morgan fingerprint density at radius 2 is 2.00 bits per heavy atom. The molecule has 0 bridgehead atoms. The number of likely N-dealkylation sites (tertiary alicyclic amines) is 1. The van der Waals surface area contributed by atoms with Crippen LogP contribution >= 0.6 is 0 Å². The number of nitrogens with zero attached hydrogens (tertiary/aromatic N) is 1. The molecular formula is C20H30N2O2. The highest BCUT2D eigenvalue weighted by atomic mass is 16.5. The van der Waals surface area contributed by atoms with Gasteiger partial charge in [-0.2, -0.15) is 0 Å². The molecule has 4 nitrogen and oxygen atoms in total. The maximum absolute atomic E-state index is 12.2. The van der Waals surface area contributed by atoms with Crippen LogP contribution in [0.25, 0.3) is 0 Å². The van der Waals surface area contributed by atoms with Gasteiger partial charge in [-0.3, -0.25) is 4.79 Å². The van der Waals surface area contributed by atoms with Gasteiger partial charge in [-0.25, -0.2) is 0 Å². The van der Waals surface area contributed by atoms with E-state index in [1.807, 2.05) is 12.1 Å². The van der Waals surface area contributed by atoms with Crippen molar-refractivity contribution < 1.29 is 9.53 Å². The van der Waals surface area contributed by atoms with Gasteiger partial charge in [-0.15, -0.1) is 0 Å². The van der Waals surface area contributed by atoms with Gasteiger partial charge in [0.05, 0.1) is 6.61 Å². The summed E-state index contributed by atoms with van der Waals surface area (Å²) in [6.45, 7) is 7.82. The van der Waals surface area contributed by atoms with Gasteiger partial charge >= 0.3 is 0 Å². The molecule has 1 N–H and O–H groups in total. The van der Waals surface area contributed by atoms with Crippen molar-refractivity contribution >= 4 is 5.91 Å². The van der Waals surface area contributed by atoms with Crippen molar-refractivity contribution in [3.63, 3.8) is 0 Å². The third-order valence-corrected chi connectivity index (χ3v) is 5.11. The van der Waals surface area contributed by atoms with Crippen molar-refractivity contribution in [2.75, 3.05) is 19.7 Å². The van der Waals surface area contributed by atoms with Gasteiger partial charge in [0, 0.05) is 31.6 Å². The first-order valence-corrected chi connectivity index (χ1v) is 9.41. The number of nitrogens with one attached hydrogen (secondary N) is 1. The molecule has 0 spiro atoms. The Balaban J connectivity index is 1.44. The summed E-state index contributed by atoms with van der Waals surface area (Å²) < 4.78 is 5.62. The summed E-state index contributed by atoms with van der Waals surface area (Å²) in [5.74, 6) is 2.19. The molecule has 4 heteroatoms. The van der Waals surface area contributed by atoms with Gasteiger partial charge < -0.3 is 15.0 Å². The molecule has 0 unspecified atom stereocenters. The number of hydrogen-bond donors (Lipinski definition) is 1. The number of amides is 1. The van der Waals surface area contributed by atoms with Crippen LogP contribution in [-0.2, 0) is 11.3 Å². The SMILES string of the molecule is CCCOc1ccc(CN[C@H]2CCN(C(=O)C3CC3)C[C@H]2C)cc1. The van der Waals surface area contributed by atoms with E-state index in [-0.39, 0.29) is 0 Å². The minimum absolute atomic E-state index is 0.343. The molecular weight excluding hydrogens is 300 g/mol. The molecule has 1 aromatic rings. The van der Waals surface area contributed by atoms with Crippen molar-refractivity contribution in [2.24, 2.45) is 11.8 Å². The van der Waals surface area contributed by atoms with Crippen LogP contribution < -0.4 is 10.1 Å². The van der Waals surface area contributed by atoms with Crippen LogP contribution in [0.4, 0.5) is 0 Å². The molecule has 2 aliphatic rings. The largest absolute Gasteiger partial charge is 0.494 e. The Morgan fingerprint density at radius 3 is 2.62 bits per heavy atom. The predicted octanol–water partition coefficient (Wildman–Crippen LogP) is 3.21. The molecule has 3 rings (SSSR count). The summed E-state index contributed by atoms with van der Waals surface area (Å²) >= 11 is 0. The predicted molar refractivity (Wildman–Crippen MR) is 95.9 cm³/mol. The molecule has 2 fully saturated rings. The van der Waals surface area contributed by atoms with Crippen LogP contribution in [-0.4, -0.2) is 36.5 Å². The fourth-order valence-electron chi connectivity index (χ4n) is 3.41. The fourth-order valence-corrected chi connectivity index (χ4v) is 3.41. The quantitative estimate of drug-likeness (QED) is 0.835. The standard InChI is InChI=1S/C20H30N2O2/c1-3-12-24-18-8-4-16(5-9-18)13-21-19-10-11-22(14-15(19)2)20(23)17-6-7-17/h4-5,8-9,15,17,19,21H,3,6-7,10-14H2,1-2H3/t15-,19+/m1/s1. The second-order valence-corrected chi connectivity index (χ2v) is 7.30. The number of ether oxygens (including phenoxy) is 1. The van der Waals surface area contributed by atoms with Crippen molar-refractivity contribution in [3.05, 3.63) is 29.8 Å². The normalized spacial score (nSPS) is 24.0. The van der Waals surface area contributed by atoms with E-state index in [9.17, 15) is 4.79 Å². The number of carbonyl (C=O) groups is 1. The zero-order chi connectivity index (χ0) is 16.9. The minimum Gasteiger partial charge on any atom is -0.494 e. The molecule has 1 saturated heterocycles. The Labute approximate surface area is 145 Å². The smallest absolute Gasteiger partial charge is 0.225 e. The van der Waals surface area contributed by atoms with Crippen molar-refractivity contribution in [2.45, 2.75) is 52.1 Å². The van der Waals surface area contributed by atoms with Gasteiger partial charge in [0.25, 0.3) is 0 Å². The number of benzene rings is 1. The molecule has 2 atom stereocenters. The van der Waals surface area contributed by atoms with Crippen LogP contribution in [0.2, 0.25) is 0 Å². The molecule has 1 heterocycles. The summed E-state index contributed by atoms with van der Waals surface area (Å²) in [5, 5.41) is 3.68. The molecule has 0 aromatic heterocycles. The van der Waals surface area contributed by atoms with Gasteiger partial charge in [0.1, 0.15) is 5.75 Å². The number of hydrogen-bond acceptors (Lipinski definition) is 3. The van der Waals surface area contributed by atoms with Crippen LogP contribution in [0.3, 0.4) is 0 Å². The van der Waals surface area contributed by atoms with Crippen LogP contribution in [0.1, 0.15) is 45.1 Å². The van der Waals surface area contributed by atoms with Gasteiger partial charge in [-0.1, -0.05) is 26.0 Å². The van der Waals surface area contributed by atoms with E-state index in [2.05, 4.69) is 36.2 Å². The lowest BCUT2D eigenvalue weighted by atomic mass is 9.93. The summed E-state index contributed by atoms with van der Waals surface area (Å²) in [4.78, 5) is 14.3. The number of carbonyl (C=O) groups excluding carboxylic acids is 1. The monoisotopic (exact) mass is 330 g/mol. The molecule has 0 radical (unpaired) electrons. The summed E-state index contributed by atoms with van der Waals surface area (Å²) in [7, 11) is 0. The zero-order valence-corrected chi connectivity index (χ0v) is 15.0. The van der Waals surface area contributed by atoms with Crippen LogP contribution in [0.15, 0.2) is 24.3 Å². The van der Waals surface area contributed by atoms with Crippen molar-refractivity contribution in [3.8, 4) is 5.75 Å². The van der Waals surface area contributed by atoms with Crippen molar-refractivity contribution in [1.82, 2.24) is 10.2 Å². The average Bonchev–Trinajstić information content (AvgIpc) is 3.44. The fraction of sp³-hybridized carbons (Fsp3) is 0.650. The van der Waals surface area contributed by atoms with Gasteiger partial charge in [0.15, 0.2) is 0 Å². The first-order chi connectivity index (χ1) is 11.7. The van der Waals surface area contributed by atoms with E-state index in [0.717, 1.165) is 57.7 Å². The molecule has 1 amide bonds. The summed E-state index contributed by atoms with van der Waals surface area (Å²) in [6, 6.07) is 8.85. The summed E-state index contributed by atoms with van der Waals surface area (Å²) in [6.07, 6.45) is 4.28. The van der Waals surface area contributed by atoms with Crippen molar-refractivity contribution in [1.29, 1.82) is 0 Å². The van der Waals surface area contributed by atoms with E-state index in [1.54, 1.807) is 0 Å². The molecule has 132 valence electrons. The number of rotatable bonds is 7. The van der Waals surface area contributed by atoms with E-state index in [0.29, 0.717) is 23.8 Å². The lowest BCUT2D eigenvalue weighted by Gasteiger charge is -2.37. The maximum atomic E-state index is 12.2. The van der Waals surface area contributed by atoms with Gasteiger partial charge in [-0.05, 0) is 49.3 Å². The highest BCUT2D eigenvalue weighted by molar-refractivity contribution is 5.81. The Morgan fingerprint density at radius 1 is 1.25 bits per heavy atom. The third kappa shape index (κ3) is 4.50. The van der Waals surface area contributed by atoms with E-state index in [4.69, 9.17) is 4.74 Å². The zero-order valence-electron chi connectivity index (χ0n) is 15.0. The molecule has 24 heavy (non-hydrogen) atoms. The summed E-state index contributed by atoms with van der Waals surface area (Å²) in [5.41, 5.74) is 1.28. The van der Waals surface area contributed by atoms with E-state index >= 15 is 0 Å². The second-order valence-electron chi connectivity index (χ2n) is 7.30. The van der Waals surface area contributed by atoms with E-state index in [1.165, 1.54) is 5.56 Å². The Hall–Kier alpha value is -1.55. The first kappa shape index (κ1) is 17.3. The van der Waals surface area contributed by atoms with Gasteiger partial charge in [0.2, 0.25) is 5.91 Å². The van der Waals surface area contributed by atoms with E-state index < -0.39 is 0 Å². The highest BCUT2D eigenvalue weighted by Gasteiger charge is 2.36. The highest BCUT2D eigenvalue weighted by Crippen LogP contribution is 2.32. The third-order valence-electron chi connectivity index (χ3n) is 5.11. The van der Waals surface area contributed by atoms with Crippen LogP contribution in [0, 0.1) is 11.8 Å². The number of piperidine rings is 1. The average molecular weight is 330 g/mol. The molecule has 1 aliphatic heterocycles. The first-order valence-electron chi connectivity index (χ1n) is 9.41. The maximum Gasteiger partial charge on any atom is 0.225 e. The Bertz CT molecular complexity index is 539. The van der Waals surface area contributed by atoms with Crippen LogP contribution in [0.5, 0.6) is 5.75 Å². The molecule has 1 aromatic carbocycles. The lowest BCUT2D eigenvalue weighted by molar-refractivity contribution is -0.134. The second kappa shape index (κ2) is 8.02. The minimum atomic E-state index is 0.343. The Kier molecular flexibility index (Phi) is 5.77. The lowest BCUT2D eigenvalue weighted by Crippen LogP contribution is -2.50. The molecule has 1 saturated carbocycles. The molecule has 1 aliphatic carbocycles.